The van der Waals surface area contributed by atoms with Crippen molar-refractivity contribution in [3.63, 3.8) is 0 Å². The van der Waals surface area contributed by atoms with E-state index in [1.165, 1.54) is 12.5 Å². The van der Waals surface area contributed by atoms with Gasteiger partial charge in [0, 0.05) is 0 Å². The van der Waals surface area contributed by atoms with Gasteiger partial charge in [-0.2, -0.15) is 0 Å². The molecule has 1 aliphatic rings. The van der Waals surface area contributed by atoms with Gasteiger partial charge < -0.3 is 4.74 Å². The third kappa shape index (κ3) is 1.82. The molecule has 0 radical (unpaired) electrons. The van der Waals surface area contributed by atoms with Gasteiger partial charge in [-0.1, -0.05) is 6.07 Å². The summed E-state index contributed by atoms with van der Waals surface area (Å²) in [7, 11) is 0. The zero-order valence-electron chi connectivity index (χ0n) is 7.72. The van der Waals surface area contributed by atoms with Crippen molar-refractivity contribution in [2.45, 2.75) is 32.3 Å². The van der Waals surface area contributed by atoms with Crippen LogP contribution in [0.1, 0.15) is 24.8 Å². The van der Waals surface area contributed by atoms with Gasteiger partial charge in [0.15, 0.2) is 11.6 Å². The number of halogens is 1. The standard InChI is InChI=1S/C11H13FO/c1-8-5-6-10(12)11(7-8)13-9-3-2-4-9/h5-7,9H,2-4H2,1H3. The maximum atomic E-state index is 13.2. The topological polar surface area (TPSA) is 9.23 Å². The average molecular weight is 180 g/mol. The Kier molecular flexibility index (Phi) is 2.21. The van der Waals surface area contributed by atoms with E-state index in [2.05, 4.69) is 0 Å². The van der Waals surface area contributed by atoms with Gasteiger partial charge in [0.2, 0.25) is 0 Å². The highest BCUT2D eigenvalue weighted by Gasteiger charge is 2.20. The number of hydrogen-bond donors (Lipinski definition) is 0. The molecule has 1 fully saturated rings. The van der Waals surface area contributed by atoms with E-state index in [0.717, 1.165) is 18.4 Å². The molecule has 70 valence electrons. The summed E-state index contributed by atoms with van der Waals surface area (Å²) in [6.45, 7) is 1.94. The van der Waals surface area contributed by atoms with Crippen molar-refractivity contribution in [2.75, 3.05) is 0 Å². The van der Waals surface area contributed by atoms with E-state index in [9.17, 15) is 4.39 Å². The number of benzene rings is 1. The molecule has 0 unspecified atom stereocenters. The molecule has 2 rings (SSSR count). The summed E-state index contributed by atoms with van der Waals surface area (Å²) in [5, 5.41) is 0. The third-order valence-electron chi connectivity index (χ3n) is 2.43. The first-order valence-electron chi connectivity index (χ1n) is 4.68. The Labute approximate surface area is 77.5 Å². The molecule has 1 saturated carbocycles. The Hall–Kier alpha value is -1.05. The van der Waals surface area contributed by atoms with Crippen molar-refractivity contribution < 1.29 is 9.13 Å². The largest absolute Gasteiger partial charge is 0.487 e. The van der Waals surface area contributed by atoms with E-state index < -0.39 is 0 Å². The molecule has 0 saturated heterocycles. The molecule has 0 N–H and O–H groups in total. The van der Waals surface area contributed by atoms with E-state index in [0.29, 0.717) is 5.75 Å². The fraction of sp³-hybridized carbons (Fsp3) is 0.455. The molecule has 0 aromatic heterocycles. The van der Waals surface area contributed by atoms with Crippen LogP contribution in [0.3, 0.4) is 0 Å². The first kappa shape index (κ1) is 8.54. The minimum absolute atomic E-state index is 0.247. The Morgan fingerprint density at radius 1 is 1.38 bits per heavy atom. The lowest BCUT2D eigenvalue weighted by molar-refractivity contribution is 0.115. The van der Waals surface area contributed by atoms with Crippen molar-refractivity contribution in [1.82, 2.24) is 0 Å². The normalized spacial score (nSPS) is 16.8. The van der Waals surface area contributed by atoms with Crippen LogP contribution in [0.25, 0.3) is 0 Å². The number of rotatable bonds is 2. The molecule has 1 nitrogen and oxygen atoms in total. The lowest BCUT2D eigenvalue weighted by Crippen LogP contribution is -2.24. The van der Waals surface area contributed by atoms with E-state index in [1.54, 1.807) is 12.1 Å². The van der Waals surface area contributed by atoms with Gasteiger partial charge in [0.1, 0.15) is 0 Å². The molecular weight excluding hydrogens is 167 g/mol. The molecule has 0 atom stereocenters. The second-order valence-corrected chi connectivity index (χ2v) is 3.60. The van der Waals surface area contributed by atoms with Gasteiger partial charge in [0.05, 0.1) is 6.10 Å². The van der Waals surface area contributed by atoms with Crippen LogP contribution in [0.4, 0.5) is 4.39 Å². The van der Waals surface area contributed by atoms with Crippen molar-refractivity contribution in [3.05, 3.63) is 29.6 Å². The highest BCUT2D eigenvalue weighted by molar-refractivity contribution is 5.29. The highest BCUT2D eigenvalue weighted by atomic mass is 19.1. The zero-order valence-corrected chi connectivity index (χ0v) is 7.72. The van der Waals surface area contributed by atoms with Crippen LogP contribution in [0.5, 0.6) is 5.75 Å². The molecule has 0 spiro atoms. The van der Waals surface area contributed by atoms with Crippen LogP contribution in [0.2, 0.25) is 0 Å². The molecule has 0 amide bonds. The summed E-state index contributed by atoms with van der Waals surface area (Å²) in [5.41, 5.74) is 1.04. The summed E-state index contributed by atoms with van der Waals surface area (Å²) >= 11 is 0. The van der Waals surface area contributed by atoms with Crippen LogP contribution in [-0.4, -0.2) is 6.10 Å². The predicted molar refractivity (Wildman–Crippen MR) is 49.4 cm³/mol. The van der Waals surface area contributed by atoms with E-state index in [4.69, 9.17) is 4.74 Å². The SMILES string of the molecule is Cc1ccc(F)c(OC2CCC2)c1. The summed E-state index contributed by atoms with van der Waals surface area (Å²) in [4.78, 5) is 0. The van der Waals surface area contributed by atoms with E-state index in [-0.39, 0.29) is 11.9 Å². The van der Waals surface area contributed by atoms with Crippen molar-refractivity contribution in [3.8, 4) is 5.75 Å². The van der Waals surface area contributed by atoms with Crippen LogP contribution in [-0.2, 0) is 0 Å². The number of aryl methyl sites for hydroxylation is 1. The smallest absolute Gasteiger partial charge is 0.165 e. The summed E-state index contributed by atoms with van der Waals surface area (Å²) in [6.07, 6.45) is 3.58. The highest BCUT2D eigenvalue weighted by Crippen LogP contribution is 2.27. The van der Waals surface area contributed by atoms with Crippen LogP contribution in [0, 0.1) is 12.7 Å². The minimum Gasteiger partial charge on any atom is -0.487 e. The molecule has 0 heterocycles. The second-order valence-electron chi connectivity index (χ2n) is 3.60. The predicted octanol–water partition coefficient (Wildman–Crippen LogP) is 3.07. The molecule has 1 aromatic carbocycles. The van der Waals surface area contributed by atoms with Gasteiger partial charge in [-0.15, -0.1) is 0 Å². The average Bonchev–Trinajstić information content (AvgIpc) is 2.03. The lowest BCUT2D eigenvalue weighted by atomic mass is 9.96. The fourth-order valence-electron chi connectivity index (χ4n) is 1.37. The second kappa shape index (κ2) is 3.36. The third-order valence-corrected chi connectivity index (χ3v) is 2.43. The van der Waals surface area contributed by atoms with Crippen molar-refractivity contribution in [2.24, 2.45) is 0 Å². The molecule has 0 aliphatic heterocycles. The molecule has 2 heteroatoms. The van der Waals surface area contributed by atoms with E-state index >= 15 is 0 Å². The number of hydrogen-bond acceptors (Lipinski definition) is 1. The molecule has 13 heavy (non-hydrogen) atoms. The number of ether oxygens (including phenoxy) is 1. The van der Waals surface area contributed by atoms with Gasteiger partial charge in [-0.3, -0.25) is 0 Å². The first-order valence-corrected chi connectivity index (χ1v) is 4.68. The van der Waals surface area contributed by atoms with Gasteiger partial charge in [0.25, 0.3) is 0 Å². The quantitative estimate of drug-likeness (QED) is 0.679. The molecule has 0 bridgehead atoms. The van der Waals surface area contributed by atoms with Crippen molar-refractivity contribution in [1.29, 1.82) is 0 Å². The lowest BCUT2D eigenvalue weighted by Gasteiger charge is -2.26. The summed E-state index contributed by atoms with van der Waals surface area (Å²) in [6, 6.07) is 4.97. The Balaban J connectivity index is 2.13. The Morgan fingerprint density at radius 3 is 2.77 bits per heavy atom. The monoisotopic (exact) mass is 180 g/mol. The van der Waals surface area contributed by atoms with Crippen LogP contribution >= 0.6 is 0 Å². The van der Waals surface area contributed by atoms with Crippen molar-refractivity contribution >= 4 is 0 Å². The minimum atomic E-state index is -0.252. The van der Waals surface area contributed by atoms with Gasteiger partial charge >= 0.3 is 0 Å². The van der Waals surface area contributed by atoms with Gasteiger partial charge in [-0.05, 0) is 43.9 Å². The maximum Gasteiger partial charge on any atom is 0.165 e. The Bertz CT molecular complexity index is 305. The Morgan fingerprint density at radius 2 is 2.15 bits per heavy atom. The van der Waals surface area contributed by atoms with Crippen LogP contribution < -0.4 is 4.74 Å². The van der Waals surface area contributed by atoms with Gasteiger partial charge in [-0.25, -0.2) is 4.39 Å². The zero-order chi connectivity index (χ0) is 9.26. The molecule has 1 aromatic rings. The molecule has 1 aliphatic carbocycles. The summed E-state index contributed by atoms with van der Waals surface area (Å²) in [5.74, 6) is 0.155. The van der Waals surface area contributed by atoms with Crippen LogP contribution in [0.15, 0.2) is 18.2 Å². The first-order chi connectivity index (χ1) is 6.25. The maximum absolute atomic E-state index is 13.2. The molecular formula is C11H13FO. The van der Waals surface area contributed by atoms with E-state index in [1.807, 2.05) is 6.92 Å². The summed E-state index contributed by atoms with van der Waals surface area (Å²) < 4.78 is 18.7. The fourth-order valence-corrected chi connectivity index (χ4v) is 1.37.